The van der Waals surface area contributed by atoms with Crippen LogP contribution in [0.25, 0.3) is 0 Å². The lowest BCUT2D eigenvalue weighted by molar-refractivity contribution is -0.154. The molecule has 0 bridgehead atoms. The number of imide groups is 1. The second-order valence-electron chi connectivity index (χ2n) is 14.7. The summed E-state index contributed by atoms with van der Waals surface area (Å²) in [5, 5.41) is 8.27. The molecule has 0 aliphatic carbocycles. The average Bonchev–Trinajstić information content (AvgIpc) is 3.44. The number of esters is 1. The molecule has 0 saturated carbocycles. The molecule has 55 heavy (non-hydrogen) atoms. The molecule has 15 heteroatoms. The summed E-state index contributed by atoms with van der Waals surface area (Å²) in [6, 6.07) is 3.43. The van der Waals surface area contributed by atoms with E-state index in [1.54, 1.807) is 47.6 Å². The Morgan fingerprint density at radius 3 is 2.05 bits per heavy atom. The van der Waals surface area contributed by atoms with Crippen LogP contribution in [0.15, 0.2) is 30.4 Å². The molecule has 1 aromatic carbocycles. The van der Waals surface area contributed by atoms with Crippen molar-refractivity contribution in [3.8, 4) is 0 Å². The fraction of sp³-hybridized carbons (Fsp3) is 0.625. The van der Waals surface area contributed by atoms with E-state index in [4.69, 9.17) is 14.2 Å². The summed E-state index contributed by atoms with van der Waals surface area (Å²) in [6.45, 7) is 16.2. The number of carbonyl (C=O) groups is 7. The zero-order valence-corrected chi connectivity index (χ0v) is 33.8. The number of hydrogen-bond acceptors (Lipinski definition) is 10. The lowest BCUT2D eigenvalue weighted by atomic mass is 9.97. The topological polar surface area (TPSA) is 190 Å². The first-order valence-corrected chi connectivity index (χ1v) is 19.1. The van der Waals surface area contributed by atoms with Gasteiger partial charge in [-0.15, -0.1) is 0 Å². The summed E-state index contributed by atoms with van der Waals surface area (Å²) in [6.07, 6.45) is 4.87. The third kappa shape index (κ3) is 16.3. The molecule has 1 aliphatic heterocycles. The van der Waals surface area contributed by atoms with Crippen molar-refractivity contribution >= 4 is 47.1 Å². The quantitative estimate of drug-likeness (QED) is 0.0799. The number of ether oxygens (including phenoxy) is 3. The molecular formula is C40H61N5O10. The highest BCUT2D eigenvalue weighted by Crippen LogP contribution is 2.22. The van der Waals surface area contributed by atoms with Crippen molar-refractivity contribution in [2.75, 3.05) is 51.4 Å². The molecule has 15 nitrogen and oxygen atoms in total. The van der Waals surface area contributed by atoms with Gasteiger partial charge in [-0.25, -0.2) is 0 Å². The SMILES string of the molecule is CCOCCCCc1cc(NC(=O)[C@H](C)NC(=O)[C@@H](NC(=O)CCN(CCCOCC)C(=O)CN2C(=O)C=CC2=O)C(C)C)ccc1COC(=O)C(C)(C)C. The Morgan fingerprint density at radius 2 is 1.45 bits per heavy atom. The minimum atomic E-state index is -0.978. The minimum absolute atomic E-state index is 0.0159. The Labute approximate surface area is 325 Å². The van der Waals surface area contributed by atoms with Gasteiger partial charge in [0.05, 0.1) is 5.41 Å². The van der Waals surface area contributed by atoms with Crippen molar-refractivity contribution in [3.63, 3.8) is 0 Å². The van der Waals surface area contributed by atoms with Crippen LogP contribution in [0.2, 0.25) is 0 Å². The molecule has 6 amide bonds. The van der Waals surface area contributed by atoms with E-state index in [1.807, 2.05) is 26.0 Å². The van der Waals surface area contributed by atoms with E-state index in [-0.39, 0.29) is 38.0 Å². The number of unbranched alkanes of at least 4 members (excludes halogenated alkanes) is 1. The molecule has 2 rings (SSSR count). The Hall–Kier alpha value is -4.63. The largest absolute Gasteiger partial charge is 0.460 e. The predicted octanol–water partition coefficient (Wildman–Crippen LogP) is 3.29. The summed E-state index contributed by atoms with van der Waals surface area (Å²) < 4.78 is 16.4. The molecule has 1 aromatic rings. The number of nitrogens with zero attached hydrogens (tertiary/aromatic N) is 2. The number of nitrogens with one attached hydrogen (secondary N) is 3. The van der Waals surface area contributed by atoms with Gasteiger partial charge in [-0.2, -0.15) is 0 Å². The summed E-state index contributed by atoms with van der Waals surface area (Å²) in [4.78, 5) is 91.5. The Morgan fingerprint density at radius 1 is 0.818 bits per heavy atom. The fourth-order valence-electron chi connectivity index (χ4n) is 5.42. The van der Waals surface area contributed by atoms with Gasteiger partial charge < -0.3 is 35.1 Å². The van der Waals surface area contributed by atoms with Crippen molar-refractivity contribution in [3.05, 3.63) is 41.5 Å². The molecule has 0 radical (unpaired) electrons. The van der Waals surface area contributed by atoms with Crippen LogP contribution in [0.4, 0.5) is 5.69 Å². The number of rotatable bonds is 24. The Bertz CT molecular complexity index is 1500. The first-order chi connectivity index (χ1) is 26.0. The lowest BCUT2D eigenvalue weighted by Gasteiger charge is -2.26. The van der Waals surface area contributed by atoms with Crippen molar-refractivity contribution in [1.82, 2.24) is 20.4 Å². The van der Waals surface area contributed by atoms with Crippen LogP contribution in [0, 0.1) is 11.3 Å². The maximum absolute atomic E-state index is 13.4. The Balaban J connectivity index is 2.04. The van der Waals surface area contributed by atoms with Crippen LogP contribution in [-0.4, -0.2) is 109 Å². The first-order valence-electron chi connectivity index (χ1n) is 19.1. The standard InChI is InChI=1S/C40H61N5O10/c1-9-53-22-12-11-14-29-24-31(16-15-30(29)26-55-39(52)40(6,7)8)42-37(50)28(5)41-38(51)36(27(3)4)43-32(46)19-21-44(20-13-23-54-10-2)35(49)25-45-33(47)17-18-34(45)48/h15-18,24,27-28,36H,9-14,19-23,25-26H2,1-8H3,(H,41,51)(H,42,50)(H,43,46)/t28-,36-/m0/s1. The molecule has 0 aromatic heterocycles. The van der Waals surface area contributed by atoms with Crippen LogP contribution < -0.4 is 16.0 Å². The summed E-state index contributed by atoms with van der Waals surface area (Å²) in [7, 11) is 0. The van der Waals surface area contributed by atoms with Crippen LogP contribution >= 0.6 is 0 Å². The fourth-order valence-corrected chi connectivity index (χ4v) is 5.42. The van der Waals surface area contributed by atoms with Crippen molar-refractivity contribution in [2.24, 2.45) is 11.3 Å². The molecule has 1 aliphatic rings. The van der Waals surface area contributed by atoms with E-state index in [2.05, 4.69) is 16.0 Å². The van der Waals surface area contributed by atoms with Gasteiger partial charge in [0.25, 0.3) is 11.8 Å². The highest BCUT2D eigenvalue weighted by atomic mass is 16.5. The van der Waals surface area contributed by atoms with Gasteiger partial charge in [0, 0.05) is 63.8 Å². The van der Waals surface area contributed by atoms with Gasteiger partial charge in [-0.05, 0) is 96.4 Å². The van der Waals surface area contributed by atoms with E-state index >= 15 is 0 Å². The van der Waals surface area contributed by atoms with Gasteiger partial charge in [0.2, 0.25) is 23.6 Å². The molecular weight excluding hydrogens is 710 g/mol. The second kappa shape index (κ2) is 23.3. The first kappa shape index (κ1) is 46.5. The zero-order chi connectivity index (χ0) is 41.1. The third-order valence-corrected chi connectivity index (χ3v) is 8.73. The third-order valence-electron chi connectivity index (χ3n) is 8.73. The van der Waals surface area contributed by atoms with Crippen molar-refractivity contribution < 1.29 is 47.8 Å². The van der Waals surface area contributed by atoms with Gasteiger partial charge in [0.15, 0.2) is 0 Å². The lowest BCUT2D eigenvalue weighted by Crippen LogP contribution is -2.54. The number of benzene rings is 1. The molecule has 0 saturated heterocycles. The number of amides is 6. The maximum atomic E-state index is 13.4. The van der Waals surface area contributed by atoms with Crippen molar-refractivity contribution in [1.29, 1.82) is 0 Å². The predicted molar refractivity (Wildman–Crippen MR) is 206 cm³/mol. The highest BCUT2D eigenvalue weighted by molar-refractivity contribution is 6.14. The van der Waals surface area contributed by atoms with Crippen LogP contribution in [0.5, 0.6) is 0 Å². The molecule has 306 valence electrons. The van der Waals surface area contributed by atoms with Gasteiger partial charge in [-0.3, -0.25) is 38.5 Å². The average molecular weight is 772 g/mol. The molecule has 0 fully saturated rings. The van der Waals surface area contributed by atoms with Gasteiger partial charge >= 0.3 is 5.97 Å². The summed E-state index contributed by atoms with van der Waals surface area (Å²) >= 11 is 0. The van der Waals surface area contributed by atoms with Crippen LogP contribution in [0.1, 0.15) is 92.2 Å². The smallest absolute Gasteiger partial charge is 0.311 e. The number of hydrogen-bond donors (Lipinski definition) is 3. The van der Waals surface area contributed by atoms with Crippen molar-refractivity contribution in [2.45, 2.75) is 106 Å². The number of carbonyl (C=O) groups excluding carboxylic acids is 7. The molecule has 2 atom stereocenters. The number of aryl methyl sites for hydroxylation is 1. The van der Waals surface area contributed by atoms with Crippen LogP contribution in [0.3, 0.4) is 0 Å². The normalized spacial score (nSPS) is 13.8. The van der Waals surface area contributed by atoms with E-state index in [9.17, 15) is 33.6 Å². The monoisotopic (exact) mass is 771 g/mol. The molecule has 3 N–H and O–H groups in total. The van der Waals surface area contributed by atoms with E-state index in [0.29, 0.717) is 45.0 Å². The van der Waals surface area contributed by atoms with Crippen LogP contribution in [-0.2, 0) is 60.8 Å². The molecule has 1 heterocycles. The minimum Gasteiger partial charge on any atom is -0.460 e. The molecule has 0 unspecified atom stereocenters. The Kier molecular flexibility index (Phi) is 19.7. The van der Waals surface area contributed by atoms with Gasteiger partial charge in [0.1, 0.15) is 25.2 Å². The highest BCUT2D eigenvalue weighted by Gasteiger charge is 2.30. The maximum Gasteiger partial charge on any atom is 0.311 e. The summed E-state index contributed by atoms with van der Waals surface area (Å²) in [5.41, 5.74) is 1.61. The molecule has 0 spiro atoms. The zero-order valence-electron chi connectivity index (χ0n) is 33.8. The number of anilines is 1. The summed E-state index contributed by atoms with van der Waals surface area (Å²) in [5.74, 6) is -3.84. The van der Waals surface area contributed by atoms with E-state index in [1.165, 1.54) is 4.90 Å². The van der Waals surface area contributed by atoms with E-state index in [0.717, 1.165) is 41.0 Å². The van der Waals surface area contributed by atoms with Gasteiger partial charge in [-0.1, -0.05) is 19.9 Å². The second-order valence-corrected chi connectivity index (χ2v) is 14.7. The van der Waals surface area contributed by atoms with E-state index < -0.39 is 59.5 Å².